The zero-order valence-corrected chi connectivity index (χ0v) is 13.3. The number of nitrogens with zero attached hydrogens (tertiary/aromatic N) is 3. The van der Waals surface area contributed by atoms with Gasteiger partial charge in [0.15, 0.2) is 0 Å². The lowest BCUT2D eigenvalue weighted by atomic mass is 10.1. The number of carbonyl (C=O) groups is 1. The molecule has 0 saturated carbocycles. The van der Waals surface area contributed by atoms with E-state index in [1.807, 2.05) is 13.0 Å². The van der Waals surface area contributed by atoms with Crippen LogP contribution in [0.5, 0.6) is 0 Å². The number of fused-ring (bicyclic) bond motifs is 1. The molecule has 6 nitrogen and oxygen atoms in total. The fourth-order valence-corrected chi connectivity index (χ4v) is 2.91. The Bertz CT molecular complexity index is 750. The predicted octanol–water partition coefficient (Wildman–Crippen LogP) is 1.28. The second kappa shape index (κ2) is 6.91. The Labute approximate surface area is 134 Å². The van der Waals surface area contributed by atoms with E-state index in [1.54, 1.807) is 23.1 Å². The molecule has 1 aliphatic heterocycles. The predicted molar refractivity (Wildman–Crippen MR) is 87.2 cm³/mol. The maximum Gasteiger partial charge on any atom is 0.261 e. The molecule has 0 bridgehead atoms. The van der Waals surface area contributed by atoms with Crippen LogP contribution in [0.25, 0.3) is 10.9 Å². The number of para-hydroxylation sites is 1. The lowest BCUT2D eigenvalue weighted by Crippen LogP contribution is -2.39. The maximum atomic E-state index is 12.5. The van der Waals surface area contributed by atoms with Crippen molar-refractivity contribution in [2.24, 2.45) is 5.92 Å². The summed E-state index contributed by atoms with van der Waals surface area (Å²) in [7, 11) is 0. The Morgan fingerprint density at radius 1 is 1.43 bits per heavy atom. The van der Waals surface area contributed by atoms with Crippen LogP contribution in [-0.4, -0.2) is 46.7 Å². The van der Waals surface area contributed by atoms with Gasteiger partial charge in [0, 0.05) is 25.6 Å². The third-order valence-corrected chi connectivity index (χ3v) is 4.27. The monoisotopic (exact) mass is 315 g/mol. The molecule has 0 aliphatic carbocycles. The van der Waals surface area contributed by atoms with E-state index in [1.165, 1.54) is 10.9 Å². The zero-order valence-electron chi connectivity index (χ0n) is 13.3. The molecule has 0 radical (unpaired) electrons. The first-order valence-electron chi connectivity index (χ1n) is 7.98. The molecule has 3 rings (SSSR count). The summed E-state index contributed by atoms with van der Waals surface area (Å²) in [5, 5.41) is 0.537. The summed E-state index contributed by atoms with van der Waals surface area (Å²) in [6.07, 6.45) is 2.44. The molecule has 1 fully saturated rings. The van der Waals surface area contributed by atoms with E-state index >= 15 is 0 Å². The number of aromatic nitrogens is 2. The molecule has 1 unspecified atom stereocenters. The fraction of sp³-hybridized carbons (Fsp3) is 0.471. The van der Waals surface area contributed by atoms with Crippen molar-refractivity contribution >= 4 is 16.8 Å². The van der Waals surface area contributed by atoms with E-state index in [0.717, 1.165) is 13.0 Å². The van der Waals surface area contributed by atoms with E-state index in [9.17, 15) is 9.59 Å². The molecular weight excluding hydrogens is 294 g/mol. The minimum absolute atomic E-state index is 0.0259. The Kier molecular flexibility index (Phi) is 4.71. The van der Waals surface area contributed by atoms with Crippen LogP contribution >= 0.6 is 0 Å². The summed E-state index contributed by atoms with van der Waals surface area (Å²) in [6.45, 7) is 4.77. The number of hydrogen-bond donors (Lipinski definition) is 0. The highest BCUT2D eigenvalue weighted by molar-refractivity contribution is 5.79. The Balaban J connectivity index is 1.76. The number of rotatable bonds is 5. The molecule has 23 heavy (non-hydrogen) atoms. The summed E-state index contributed by atoms with van der Waals surface area (Å²) < 4.78 is 6.75. The molecule has 122 valence electrons. The third-order valence-electron chi connectivity index (χ3n) is 4.27. The van der Waals surface area contributed by atoms with Crippen LogP contribution < -0.4 is 5.56 Å². The standard InChI is InChI=1S/C17H21N3O3/c1-2-19(9-13-7-8-23-11-13)16(21)10-20-12-18-15-6-4-3-5-14(15)17(20)22/h3-6,12-13H,2,7-11H2,1H3. The van der Waals surface area contributed by atoms with Crippen molar-refractivity contribution < 1.29 is 9.53 Å². The lowest BCUT2D eigenvalue weighted by Gasteiger charge is -2.24. The van der Waals surface area contributed by atoms with Crippen LogP contribution in [0.3, 0.4) is 0 Å². The molecule has 1 amide bonds. The molecule has 2 heterocycles. The summed E-state index contributed by atoms with van der Waals surface area (Å²) in [6, 6.07) is 7.17. The Morgan fingerprint density at radius 3 is 3.00 bits per heavy atom. The van der Waals surface area contributed by atoms with Gasteiger partial charge in [-0.25, -0.2) is 4.98 Å². The van der Waals surface area contributed by atoms with Gasteiger partial charge in [-0.2, -0.15) is 0 Å². The molecule has 1 saturated heterocycles. The van der Waals surface area contributed by atoms with Gasteiger partial charge in [0.05, 0.1) is 23.8 Å². The molecule has 1 aromatic heterocycles. The van der Waals surface area contributed by atoms with E-state index in [2.05, 4.69) is 4.98 Å². The van der Waals surface area contributed by atoms with E-state index in [-0.39, 0.29) is 18.0 Å². The van der Waals surface area contributed by atoms with Gasteiger partial charge in [0.1, 0.15) is 6.54 Å². The van der Waals surface area contributed by atoms with Gasteiger partial charge in [0.25, 0.3) is 5.56 Å². The molecule has 2 aromatic rings. The fourth-order valence-electron chi connectivity index (χ4n) is 2.91. The summed E-state index contributed by atoms with van der Waals surface area (Å²) in [5.41, 5.74) is 0.473. The first kappa shape index (κ1) is 15.7. The minimum atomic E-state index is -0.177. The third kappa shape index (κ3) is 3.42. The number of hydrogen-bond acceptors (Lipinski definition) is 4. The summed E-state index contributed by atoms with van der Waals surface area (Å²) >= 11 is 0. The largest absolute Gasteiger partial charge is 0.381 e. The van der Waals surface area contributed by atoms with Crippen molar-refractivity contribution in [1.29, 1.82) is 0 Å². The van der Waals surface area contributed by atoms with Crippen LogP contribution in [0, 0.1) is 5.92 Å². The van der Waals surface area contributed by atoms with Crippen molar-refractivity contribution in [2.75, 3.05) is 26.3 Å². The number of likely N-dealkylation sites (N-methyl/N-ethyl adjacent to an activating group) is 1. The van der Waals surface area contributed by atoms with Crippen LogP contribution in [0.4, 0.5) is 0 Å². The average molecular weight is 315 g/mol. The molecule has 1 atom stereocenters. The second-order valence-corrected chi connectivity index (χ2v) is 5.86. The van der Waals surface area contributed by atoms with E-state index < -0.39 is 0 Å². The molecular formula is C17H21N3O3. The van der Waals surface area contributed by atoms with Gasteiger partial charge in [0.2, 0.25) is 5.91 Å². The van der Waals surface area contributed by atoms with Crippen LogP contribution in [-0.2, 0) is 16.1 Å². The van der Waals surface area contributed by atoms with Crippen molar-refractivity contribution in [3.8, 4) is 0 Å². The normalized spacial score (nSPS) is 17.5. The van der Waals surface area contributed by atoms with Crippen LogP contribution in [0.15, 0.2) is 35.4 Å². The number of amides is 1. The second-order valence-electron chi connectivity index (χ2n) is 5.86. The van der Waals surface area contributed by atoms with E-state index in [4.69, 9.17) is 4.74 Å². The van der Waals surface area contributed by atoms with Crippen molar-refractivity contribution in [1.82, 2.24) is 14.5 Å². The maximum absolute atomic E-state index is 12.5. The quantitative estimate of drug-likeness (QED) is 0.834. The van der Waals surface area contributed by atoms with E-state index in [0.29, 0.717) is 36.5 Å². The van der Waals surface area contributed by atoms with Crippen molar-refractivity contribution in [3.63, 3.8) is 0 Å². The van der Waals surface area contributed by atoms with Gasteiger partial charge < -0.3 is 9.64 Å². The topological polar surface area (TPSA) is 64.4 Å². The van der Waals surface area contributed by atoms with Crippen LogP contribution in [0.2, 0.25) is 0 Å². The molecule has 0 spiro atoms. The summed E-state index contributed by atoms with van der Waals surface area (Å²) in [5.74, 6) is 0.337. The average Bonchev–Trinajstić information content (AvgIpc) is 3.08. The number of ether oxygens (including phenoxy) is 1. The van der Waals surface area contributed by atoms with Gasteiger partial charge >= 0.3 is 0 Å². The van der Waals surface area contributed by atoms with Gasteiger partial charge in [-0.3, -0.25) is 14.2 Å². The lowest BCUT2D eigenvalue weighted by molar-refractivity contribution is -0.132. The van der Waals surface area contributed by atoms with Gasteiger partial charge in [-0.05, 0) is 25.5 Å². The molecule has 1 aliphatic rings. The van der Waals surface area contributed by atoms with Crippen molar-refractivity contribution in [2.45, 2.75) is 19.9 Å². The number of carbonyl (C=O) groups excluding carboxylic acids is 1. The highest BCUT2D eigenvalue weighted by atomic mass is 16.5. The summed E-state index contributed by atoms with van der Waals surface area (Å²) in [4.78, 5) is 31.0. The van der Waals surface area contributed by atoms with Gasteiger partial charge in [-0.1, -0.05) is 12.1 Å². The highest BCUT2D eigenvalue weighted by Crippen LogP contribution is 2.14. The SMILES string of the molecule is CCN(CC1CCOC1)C(=O)Cn1cnc2ccccc2c1=O. The molecule has 6 heteroatoms. The van der Waals surface area contributed by atoms with Crippen molar-refractivity contribution in [3.05, 3.63) is 40.9 Å². The minimum Gasteiger partial charge on any atom is -0.381 e. The molecule has 0 N–H and O–H groups in total. The Hall–Kier alpha value is -2.21. The zero-order chi connectivity index (χ0) is 16.2. The van der Waals surface area contributed by atoms with Crippen LogP contribution in [0.1, 0.15) is 13.3 Å². The Morgan fingerprint density at radius 2 is 2.26 bits per heavy atom. The van der Waals surface area contributed by atoms with Gasteiger partial charge in [-0.15, -0.1) is 0 Å². The number of benzene rings is 1. The highest BCUT2D eigenvalue weighted by Gasteiger charge is 2.22. The smallest absolute Gasteiger partial charge is 0.261 e. The first-order valence-corrected chi connectivity index (χ1v) is 7.98. The molecule has 1 aromatic carbocycles. The first-order chi connectivity index (χ1) is 11.2.